The summed E-state index contributed by atoms with van der Waals surface area (Å²) in [6.07, 6.45) is 1.61. The number of hydrogen-bond donors (Lipinski definition) is 1. The van der Waals surface area contributed by atoms with E-state index < -0.39 is 0 Å². The van der Waals surface area contributed by atoms with Crippen LogP contribution in [0.25, 0.3) is 5.69 Å². The number of hydrogen-bond acceptors (Lipinski definition) is 5. The standard InChI is InChI=1S/C24H28FN5O2/c1-17-23(24(31)26-12-4-14-32-2)27-28-30(17)22-6-3-5-19-16-29(13-11-21(19)22)15-18-7-9-20(25)10-8-18/h3,5-10H,4,11-16H2,1-2H3,(H,26,31). The molecule has 3 aromatic rings. The lowest BCUT2D eigenvalue weighted by Crippen LogP contribution is -2.31. The molecule has 0 unspecified atom stereocenters. The molecule has 0 aliphatic carbocycles. The van der Waals surface area contributed by atoms with Crippen molar-refractivity contribution >= 4 is 5.91 Å². The Balaban J connectivity index is 1.49. The lowest BCUT2D eigenvalue weighted by molar-refractivity contribution is 0.0943. The van der Waals surface area contributed by atoms with Gasteiger partial charge in [-0.15, -0.1) is 5.10 Å². The lowest BCUT2D eigenvalue weighted by Gasteiger charge is -2.30. The molecule has 1 N–H and O–H groups in total. The Morgan fingerprint density at radius 3 is 2.81 bits per heavy atom. The summed E-state index contributed by atoms with van der Waals surface area (Å²) in [4.78, 5) is 14.9. The van der Waals surface area contributed by atoms with Crippen LogP contribution in [0.5, 0.6) is 0 Å². The van der Waals surface area contributed by atoms with E-state index in [2.05, 4.69) is 26.6 Å². The molecular formula is C24H28FN5O2. The normalized spacial score (nSPS) is 13.7. The highest BCUT2D eigenvalue weighted by Crippen LogP contribution is 2.27. The van der Waals surface area contributed by atoms with Gasteiger partial charge in [-0.1, -0.05) is 29.5 Å². The molecule has 1 aliphatic heterocycles. The zero-order valence-electron chi connectivity index (χ0n) is 18.5. The van der Waals surface area contributed by atoms with Crippen LogP contribution in [-0.4, -0.2) is 52.6 Å². The van der Waals surface area contributed by atoms with E-state index >= 15 is 0 Å². The Bertz CT molecular complexity index is 1080. The fourth-order valence-corrected chi connectivity index (χ4v) is 4.10. The van der Waals surface area contributed by atoms with Crippen molar-refractivity contribution < 1.29 is 13.9 Å². The molecule has 0 radical (unpaired) electrons. The highest BCUT2D eigenvalue weighted by atomic mass is 19.1. The van der Waals surface area contributed by atoms with Crippen molar-refractivity contribution in [2.24, 2.45) is 0 Å². The Hall–Kier alpha value is -3.10. The third-order valence-electron chi connectivity index (χ3n) is 5.79. The first kappa shape index (κ1) is 22.1. The number of halogens is 1. The third-order valence-corrected chi connectivity index (χ3v) is 5.79. The molecule has 0 fully saturated rings. The summed E-state index contributed by atoms with van der Waals surface area (Å²) >= 11 is 0. The number of carbonyl (C=O) groups is 1. The van der Waals surface area contributed by atoms with Gasteiger partial charge in [-0.05, 0) is 54.7 Å². The number of fused-ring (bicyclic) bond motifs is 1. The van der Waals surface area contributed by atoms with Gasteiger partial charge in [0.2, 0.25) is 0 Å². The molecule has 1 aromatic heterocycles. The molecule has 0 bridgehead atoms. The van der Waals surface area contributed by atoms with Gasteiger partial charge >= 0.3 is 0 Å². The topological polar surface area (TPSA) is 72.3 Å². The quantitative estimate of drug-likeness (QED) is 0.549. The fraction of sp³-hybridized carbons (Fsp3) is 0.375. The monoisotopic (exact) mass is 437 g/mol. The van der Waals surface area contributed by atoms with Crippen molar-refractivity contribution in [2.75, 3.05) is 26.8 Å². The molecule has 1 aliphatic rings. The van der Waals surface area contributed by atoms with Gasteiger partial charge in [-0.25, -0.2) is 9.07 Å². The second-order valence-corrected chi connectivity index (χ2v) is 8.04. The molecule has 7 nitrogen and oxygen atoms in total. The van der Waals surface area contributed by atoms with Gasteiger partial charge in [0.1, 0.15) is 5.82 Å². The van der Waals surface area contributed by atoms with Gasteiger partial charge in [0.15, 0.2) is 5.69 Å². The summed E-state index contributed by atoms with van der Waals surface area (Å²) in [6, 6.07) is 12.8. The minimum absolute atomic E-state index is 0.214. The van der Waals surface area contributed by atoms with Crippen LogP contribution in [-0.2, 0) is 24.2 Å². The van der Waals surface area contributed by atoms with Crippen molar-refractivity contribution in [3.63, 3.8) is 0 Å². The number of methoxy groups -OCH3 is 1. The number of carbonyl (C=O) groups excluding carboxylic acids is 1. The average Bonchev–Trinajstić information content (AvgIpc) is 3.19. The molecule has 2 aromatic carbocycles. The van der Waals surface area contributed by atoms with Crippen LogP contribution in [0.2, 0.25) is 0 Å². The van der Waals surface area contributed by atoms with Crippen molar-refractivity contribution in [2.45, 2.75) is 32.9 Å². The Kier molecular flexibility index (Phi) is 6.92. The summed E-state index contributed by atoms with van der Waals surface area (Å²) in [5.41, 5.74) is 5.58. The molecule has 1 amide bonds. The maximum absolute atomic E-state index is 13.2. The summed E-state index contributed by atoms with van der Waals surface area (Å²) < 4.78 is 20.0. The van der Waals surface area contributed by atoms with Crippen LogP contribution in [0, 0.1) is 12.7 Å². The summed E-state index contributed by atoms with van der Waals surface area (Å²) in [5.74, 6) is -0.436. The zero-order chi connectivity index (χ0) is 22.5. The number of rotatable bonds is 8. The van der Waals surface area contributed by atoms with Gasteiger partial charge in [-0.2, -0.15) is 0 Å². The first-order valence-corrected chi connectivity index (χ1v) is 10.8. The van der Waals surface area contributed by atoms with Crippen LogP contribution in [0.3, 0.4) is 0 Å². The molecule has 0 spiro atoms. The van der Waals surface area contributed by atoms with E-state index in [0.29, 0.717) is 18.8 Å². The van der Waals surface area contributed by atoms with Crippen LogP contribution < -0.4 is 5.32 Å². The third kappa shape index (κ3) is 4.87. The van der Waals surface area contributed by atoms with Crippen molar-refractivity contribution in [1.29, 1.82) is 0 Å². The zero-order valence-corrected chi connectivity index (χ0v) is 18.5. The maximum Gasteiger partial charge on any atom is 0.273 e. The van der Waals surface area contributed by atoms with Gasteiger partial charge in [-0.3, -0.25) is 9.69 Å². The highest BCUT2D eigenvalue weighted by molar-refractivity contribution is 5.93. The molecule has 0 saturated heterocycles. The molecule has 32 heavy (non-hydrogen) atoms. The number of amides is 1. The summed E-state index contributed by atoms with van der Waals surface area (Å²) in [5, 5.41) is 11.3. The molecule has 168 valence electrons. The number of ether oxygens (including phenoxy) is 1. The van der Waals surface area contributed by atoms with Crippen LogP contribution in [0.1, 0.15) is 39.3 Å². The minimum Gasteiger partial charge on any atom is -0.385 e. The second-order valence-electron chi connectivity index (χ2n) is 8.04. The predicted molar refractivity (Wildman–Crippen MR) is 119 cm³/mol. The number of nitrogens with one attached hydrogen (secondary N) is 1. The maximum atomic E-state index is 13.2. The largest absolute Gasteiger partial charge is 0.385 e. The van der Waals surface area contributed by atoms with E-state index in [-0.39, 0.29) is 11.7 Å². The minimum atomic E-state index is -0.222. The highest BCUT2D eigenvalue weighted by Gasteiger charge is 2.23. The summed E-state index contributed by atoms with van der Waals surface area (Å²) in [6.45, 7) is 5.47. The molecule has 0 atom stereocenters. The summed E-state index contributed by atoms with van der Waals surface area (Å²) in [7, 11) is 1.64. The first-order valence-electron chi connectivity index (χ1n) is 10.8. The van der Waals surface area contributed by atoms with Crippen molar-refractivity contribution in [3.05, 3.63) is 76.4 Å². The van der Waals surface area contributed by atoms with Gasteiger partial charge in [0.25, 0.3) is 5.91 Å². The second kappa shape index (κ2) is 10.0. The van der Waals surface area contributed by atoms with Gasteiger partial charge in [0, 0.05) is 39.9 Å². The Labute approximate surface area is 187 Å². The van der Waals surface area contributed by atoms with E-state index in [0.717, 1.165) is 49.4 Å². The van der Waals surface area contributed by atoms with Crippen LogP contribution in [0.15, 0.2) is 42.5 Å². The Morgan fingerprint density at radius 2 is 2.03 bits per heavy atom. The van der Waals surface area contributed by atoms with E-state index in [9.17, 15) is 9.18 Å². The van der Waals surface area contributed by atoms with Gasteiger partial charge in [0.05, 0.1) is 11.4 Å². The molecule has 4 rings (SSSR count). The predicted octanol–water partition coefficient (Wildman–Crippen LogP) is 3.04. The van der Waals surface area contributed by atoms with E-state index in [1.807, 2.05) is 31.2 Å². The van der Waals surface area contributed by atoms with Crippen molar-refractivity contribution in [1.82, 2.24) is 25.2 Å². The number of nitrogens with zero attached hydrogens (tertiary/aromatic N) is 4. The fourth-order valence-electron chi connectivity index (χ4n) is 4.10. The first-order chi connectivity index (χ1) is 15.6. The van der Waals surface area contributed by atoms with Crippen molar-refractivity contribution in [3.8, 4) is 5.69 Å². The molecule has 8 heteroatoms. The SMILES string of the molecule is COCCCNC(=O)c1nnn(-c2cccc3c2CCN(Cc2ccc(F)cc2)C3)c1C. The van der Waals surface area contributed by atoms with Gasteiger partial charge < -0.3 is 10.1 Å². The Morgan fingerprint density at radius 1 is 1.22 bits per heavy atom. The number of aromatic nitrogens is 3. The molecule has 2 heterocycles. The van der Waals surface area contributed by atoms with E-state index in [1.165, 1.54) is 23.3 Å². The molecular weight excluding hydrogens is 409 g/mol. The van der Waals surface area contributed by atoms with E-state index in [1.54, 1.807) is 11.8 Å². The molecule has 0 saturated carbocycles. The average molecular weight is 438 g/mol. The van der Waals surface area contributed by atoms with E-state index in [4.69, 9.17) is 4.74 Å². The lowest BCUT2D eigenvalue weighted by atomic mass is 9.97. The van der Waals surface area contributed by atoms with Crippen LogP contribution >= 0.6 is 0 Å². The number of benzene rings is 2. The smallest absolute Gasteiger partial charge is 0.273 e. The van der Waals surface area contributed by atoms with Crippen LogP contribution in [0.4, 0.5) is 4.39 Å².